The summed E-state index contributed by atoms with van der Waals surface area (Å²) >= 11 is 17.4. The Morgan fingerprint density at radius 1 is 1.30 bits per heavy atom. The van der Waals surface area contributed by atoms with Gasteiger partial charge in [-0.15, -0.1) is 0 Å². The summed E-state index contributed by atoms with van der Waals surface area (Å²) in [4.78, 5) is 7.16. The average molecular weight is 371 g/mol. The number of nitrogens with zero attached hydrogens (tertiary/aromatic N) is 2. The number of nitrogens with one attached hydrogen (secondary N) is 2. The molecule has 0 bridgehead atoms. The molecule has 2 N–H and O–H groups in total. The molecule has 0 fully saturated rings. The van der Waals surface area contributed by atoms with Crippen LogP contribution in [0.15, 0.2) is 18.2 Å². The summed E-state index contributed by atoms with van der Waals surface area (Å²) in [6.45, 7) is 3.90. The molecule has 0 saturated carbocycles. The van der Waals surface area contributed by atoms with E-state index in [1.54, 1.807) is 25.2 Å². The van der Waals surface area contributed by atoms with Gasteiger partial charge in [-0.1, -0.05) is 49.3 Å². The van der Waals surface area contributed by atoms with Gasteiger partial charge in [0, 0.05) is 12.6 Å². The minimum atomic E-state index is -0.102. The van der Waals surface area contributed by atoms with Crippen molar-refractivity contribution in [2.45, 2.75) is 13.8 Å². The normalized spacial score (nSPS) is 9.39. The molecule has 8 heteroatoms. The van der Waals surface area contributed by atoms with Gasteiger partial charge in [0.15, 0.2) is 6.61 Å². The smallest absolute Gasteiger partial charge is 0.201 e. The van der Waals surface area contributed by atoms with Gasteiger partial charge in [0.25, 0.3) is 0 Å². The third-order valence-electron chi connectivity index (χ3n) is 2.58. The summed E-state index contributed by atoms with van der Waals surface area (Å²) in [7, 11) is 1.72. The average Bonchev–Trinajstić information content (AvgIpc) is 2.55. The number of hydrogen-bond donors (Lipinski definition) is 2. The standard InChI is InChI=1S/C13H10Cl2N4OS.C2H6/c1-17-13-18-10(6-12(21)19-13)7-4-11(20-3-2-16)9(15)5-8(7)14;1-2/h4-6H,3H2,1H3,(H2,17,18,19,21);1-2H3. The third kappa shape index (κ3) is 5.10. The van der Waals surface area contributed by atoms with E-state index in [2.05, 4.69) is 15.3 Å². The van der Waals surface area contributed by atoms with Crippen molar-refractivity contribution >= 4 is 41.4 Å². The lowest BCUT2D eigenvalue weighted by Gasteiger charge is -2.11. The zero-order valence-corrected chi connectivity index (χ0v) is 15.2. The minimum absolute atomic E-state index is 0.102. The van der Waals surface area contributed by atoms with Gasteiger partial charge in [0.05, 0.1) is 15.7 Å². The van der Waals surface area contributed by atoms with Gasteiger partial charge in [-0.25, -0.2) is 4.98 Å². The van der Waals surface area contributed by atoms with Gasteiger partial charge in [-0.05, 0) is 18.2 Å². The number of ether oxygens (including phenoxy) is 1. The molecule has 0 saturated heterocycles. The second-order valence-electron chi connectivity index (χ2n) is 3.94. The van der Waals surface area contributed by atoms with Crippen molar-refractivity contribution in [3.05, 3.63) is 32.9 Å². The van der Waals surface area contributed by atoms with Crippen LogP contribution in [0.5, 0.6) is 5.75 Å². The molecule has 1 heterocycles. The van der Waals surface area contributed by atoms with E-state index in [0.717, 1.165) is 0 Å². The second kappa shape index (κ2) is 9.36. The van der Waals surface area contributed by atoms with E-state index in [-0.39, 0.29) is 6.61 Å². The highest BCUT2D eigenvalue weighted by atomic mass is 35.5. The Balaban J connectivity index is 0.00000127. The third-order valence-corrected chi connectivity index (χ3v) is 3.40. The lowest BCUT2D eigenvalue weighted by Crippen LogP contribution is -1.99. The van der Waals surface area contributed by atoms with Crippen molar-refractivity contribution in [2.75, 3.05) is 19.0 Å². The summed E-state index contributed by atoms with van der Waals surface area (Å²) in [5.41, 5.74) is 1.32. The Morgan fingerprint density at radius 2 is 2.00 bits per heavy atom. The molecule has 0 spiro atoms. The second-order valence-corrected chi connectivity index (χ2v) is 5.17. The number of aromatic nitrogens is 2. The lowest BCUT2D eigenvalue weighted by molar-refractivity contribution is 0.368. The molecule has 5 nitrogen and oxygen atoms in total. The molecule has 2 aromatic rings. The molecule has 0 atom stereocenters. The van der Waals surface area contributed by atoms with E-state index in [9.17, 15) is 0 Å². The quantitative estimate of drug-likeness (QED) is 0.733. The Hall–Kier alpha value is -1.81. The molecule has 1 aromatic heterocycles. The first-order chi connectivity index (χ1) is 11.0. The van der Waals surface area contributed by atoms with Gasteiger partial charge in [-0.2, -0.15) is 5.26 Å². The Kier molecular flexibility index (Phi) is 7.83. The zero-order valence-electron chi connectivity index (χ0n) is 12.9. The van der Waals surface area contributed by atoms with Crippen molar-refractivity contribution in [1.29, 1.82) is 5.26 Å². The molecule has 0 aliphatic carbocycles. The summed E-state index contributed by atoms with van der Waals surface area (Å²) in [6, 6.07) is 6.78. The number of hydrogen-bond acceptors (Lipinski definition) is 5. The number of H-pyrrole nitrogens is 1. The van der Waals surface area contributed by atoms with E-state index in [1.807, 2.05) is 19.9 Å². The molecule has 2 rings (SSSR count). The minimum Gasteiger partial charge on any atom is -0.477 e. The predicted octanol–water partition coefficient (Wildman–Crippen LogP) is 5.08. The van der Waals surface area contributed by atoms with Crippen LogP contribution >= 0.6 is 35.4 Å². The Bertz CT molecular complexity index is 771. The van der Waals surface area contributed by atoms with Crippen LogP contribution in [0, 0.1) is 16.0 Å². The van der Waals surface area contributed by atoms with Crippen LogP contribution in [0.2, 0.25) is 10.0 Å². The first-order valence-corrected chi connectivity index (χ1v) is 8.00. The van der Waals surface area contributed by atoms with Crippen LogP contribution in [0.4, 0.5) is 5.95 Å². The van der Waals surface area contributed by atoms with Crippen molar-refractivity contribution in [2.24, 2.45) is 0 Å². The Morgan fingerprint density at radius 3 is 2.61 bits per heavy atom. The fourth-order valence-corrected chi connectivity index (χ4v) is 2.43. The number of rotatable bonds is 4. The maximum atomic E-state index is 8.58. The fraction of sp³-hybridized carbons (Fsp3) is 0.267. The fourth-order valence-electron chi connectivity index (χ4n) is 1.68. The molecule has 122 valence electrons. The predicted molar refractivity (Wildman–Crippen MR) is 96.9 cm³/mol. The monoisotopic (exact) mass is 370 g/mol. The first kappa shape index (κ1) is 19.2. The van der Waals surface area contributed by atoms with Crippen molar-refractivity contribution in [3.63, 3.8) is 0 Å². The van der Waals surface area contributed by atoms with Gasteiger partial charge < -0.3 is 15.0 Å². The first-order valence-electron chi connectivity index (χ1n) is 6.83. The Labute approximate surface area is 150 Å². The molecule has 0 unspecified atom stereocenters. The van der Waals surface area contributed by atoms with Crippen LogP contribution in [0.3, 0.4) is 0 Å². The molecule has 0 radical (unpaired) electrons. The van der Waals surface area contributed by atoms with Gasteiger partial charge in [0.2, 0.25) is 5.95 Å². The maximum absolute atomic E-state index is 8.58. The van der Waals surface area contributed by atoms with Crippen LogP contribution in [-0.4, -0.2) is 23.6 Å². The topological polar surface area (TPSA) is 73.7 Å². The molecular weight excluding hydrogens is 355 g/mol. The van der Waals surface area contributed by atoms with Crippen LogP contribution in [-0.2, 0) is 0 Å². The summed E-state index contributed by atoms with van der Waals surface area (Å²) in [5, 5.41) is 12.2. The van der Waals surface area contributed by atoms with E-state index >= 15 is 0 Å². The number of anilines is 1. The van der Waals surface area contributed by atoms with Crippen molar-refractivity contribution < 1.29 is 4.74 Å². The zero-order chi connectivity index (χ0) is 17.4. The number of halogens is 2. The molecule has 1 aromatic carbocycles. The number of benzene rings is 1. The lowest BCUT2D eigenvalue weighted by atomic mass is 10.1. The number of aromatic amines is 1. The van der Waals surface area contributed by atoms with Crippen molar-refractivity contribution in [1.82, 2.24) is 9.97 Å². The van der Waals surface area contributed by atoms with E-state index in [4.69, 9.17) is 45.4 Å². The number of nitriles is 1. The summed E-state index contributed by atoms with van der Waals surface area (Å²) in [6.07, 6.45) is 0. The van der Waals surface area contributed by atoms with Crippen molar-refractivity contribution in [3.8, 4) is 23.1 Å². The summed E-state index contributed by atoms with van der Waals surface area (Å²) in [5.74, 6) is 0.891. The highest BCUT2D eigenvalue weighted by molar-refractivity contribution is 7.71. The SMILES string of the molecule is CC.CNc1nc(=S)cc(-c2cc(OCC#N)c(Cl)cc2Cl)[nH]1. The molecule has 0 aliphatic rings. The van der Waals surface area contributed by atoms with E-state index < -0.39 is 0 Å². The highest BCUT2D eigenvalue weighted by Gasteiger charge is 2.12. The highest BCUT2D eigenvalue weighted by Crippen LogP contribution is 2.36. The molecule has 23 heavy (non-hydrogen) atoms. The molecule has 0 aliphatic heterocycles. The van der Waals surface area contributed by atoms with Gasteiger partial charge in [-0.3, -0.25) is 0 Å². The van der Waals surface area contributed by atoms with E-state index in [0.29, 0.717) is 37.6 Å². The largest absolute Gasteiger partial charge is 0.477 e. The van der Waals surface area contributed by atoms with Crippen LogP contribution in [0.1, 0.15) is 13.8 Å². The molecule has 0 amide bonds. The molecular formula is C15H16Cl2N4OS. The summed E-state index contributed by atoms with van der Waals surface area (Å²) < 4.78 is 5.68. The van der Waals surface area contributed by atoms with Gasteiger partial charge >= 0.3 is 0 Å². The van der Waals surface area contributed by atoms with Crippen LogP contribution < -0.4 is 10.1 Å². The maximum Gasteiger partial charge on any atom is 0.201 e. The van der Waals surface area contributed by atoms with Gasteiger partial charge in [0.1, 0.15) is 16.5 Å². The van der Waals surface area contributed by atoms with Crippen LogP contribution in [0.25, 0.3) is 11.3 Å². The van der Waals surface area contributed by atoms with E-state index in [1.165, 1.54) is 0 Å².